The van der Waals surface area contributed by atoms with Gasteiger partial charge in [0.25, 0.3) is 0 Å². The molecule has 0 aromatic rings. The molecule has 0 bridgehead atoms. The highest BCUT2D eigenvalue weighted by Crippen LogP contribution is 2.38. The molecule has 0 N–H and O–H groups in total. The van der Waals surface area contributed by atoms with Gasteiger partial charge in [0.05, 0.1) is 0 Å². The maximum Gasteiger partial charge on any atom is 0.306 e. The quantitative estimate of drug-likeness (QED) is 0.688. The molecule has 2 fully saturated rings. The van der Waals surface area contributed by atoms with Crippen molar-refractivity contribution in [3.8, 4) is 0 Å². The lowest BCUT2D eigenvalue weighted by atomic mass is 9.73. The molecule has 0 amide bonds. The van der Waals surface area contributed by atoms with Crippen LogP contribution in [0.2, 0.25) is 0 Å². The summed E-state index contributed by atoms with van der Waals surface area (Å²) in [4.78, 5) is 11.7. The molecule has 0 aliphatic heterocycles. The van der Waals surface area contributed by atoms with Gasteiger partial charge in [-0.1, -0.05) is 46.0 Å². The van der Waals surface area contributed by atoms with Crippen molar-refractivity contribution in [2.24, 2.45) is 17.8 Å². The Morgan fingerprint density at radius 3 is 2.11 bits per heavy atom. The van der Waals surface area contributed by atoms with Crippen molar-refractivity contribution >= 4 is 5.97 Å². The number of carbonyl (C=O) groups excluding carboxylic acids is 1. The van der Waals surface area contributed by atoms with Gasteiger partial charge in [0, 0.05) is 6.42 Å². The molecule has 0 spiro atoms. The fraction of sp³-hybridized carbons (Fsp3) is 0.941. The van der Waals surface area contributed by atoms with Gasteiger partial charge >= 0.3 is 5.97 Å². The largest absolute Gasteiger partial charge is 0.462 e. The van der Waals surface area contributed by atoms with E-state index >= 15 is 0 Å². The summed E-state index contributed by atoms with van der Waals surface area (Å²) in [5.74, 6) is 2.31. The van der Waals surface area contributed by atoms with Crippen LogP contribution in [0.5, 0.6) is 0 Å². The highest BCUT2D eigenvalue weighted by Gasteiger charge is 2.29. The second-order valence-corrected chi connectivity index (χ2v) is 7.02. The van der Waals surface area contributed by atoms with Crippen LogP contribution in [0.4, 0.5) is 0 Å². The second kappa shape index (κ2) is 7.31. The van der Waals surface area contributed by atoms with Crippen molar-refractivity contribution < 1.29 is 9.53 Å². The molecular weight excluding hydrogens is 236 g/mol. The zero-order chi connectivity index (χ0) is 13.7. The molecule has 2 rings (SSSR count). The molecule has 0 unspecified atom stereocenters. The standard InChI is InChI=1S/C17H30O2/c1-13(2)12-17(18)19-16-10-8-15(9-11-16)14-6-4-3-5-7-14/h13-16H,3-12H2,1-2H3. The summed E-state index contributed by atoms with van der Waals surface area (Å²) in [5.41, 5.74) is 0. The molecule has 2 saturated carbocycles. The van der Waals surface area contributed by atoms with Crippen molar-refractivity contribution in [1.29, 1.82) is 0 Å². The van der Waals surface area contributed by atoms with E-state index < -0.39 is 0 Å². The molecule has 2 heteroatoms. The third-order valence-corrected chi connectivity index (χ3v) is 4.91. The lowest BCUT2D eigenvalue weighted by Gasteiger charge is -2.35. The molecule has 110 valence electrons. The number of rotatable bonds is 4. The Kier molecular flexibility index (Phi) is 5.72. The van der Waals surface area contributed by atoms with Gasteiger partial charge in [0.1, 0.15) is 6.10 Å². The molecular formula is C17H30O2. The zero-order valence-corrected chi connectivity index (χ0v) is 12.7. The summed E-state index contributed by atoms with van der Waals surface area (Å²) in [6.07, 6.45) is 12.8. The number of carbonyl (C=O) groups is 1. The molecule has 0 radical (unpaired) electrons. The van der Waals surface area contributed by atoms with Crippen molar-refractivity contribution in [2.75, 3.05) is 0 Å². The van der Waals surface area contributed by atoms with E-state index in [9.17, 15) is 4.79 Å². The van der Waals surface area contributed by atoms with Crippen LogP contribution in [0, 0.1) is 17.8 Å². The molecule has 0 atom stereocenters. The fourth-order valence-electron chi connectivity index (χ4n) is 3.85. The van der Waals surface area contributed by atoms with E-state index in [4.69, 9.17) is 4.74 Å². The van der Waals surface area contributed by atoms with Crippen LogP contribution in [-0.2, 0) is 9.53 Å². The maximum absolute atomic E-state index is 11.7. The third-order valence-electron chi connectivity index (χ3n) is 4.91. The van der Waals surface area contributed by atoms with Crippen LogP contribution >= 0.6 is 0 Å². The second-order valence-electron chi connectivity index (χ2n) is 7.02. The maximum atomic E-state index is 11.7. The minimum atomic E-state index is 0.0103. The van der Waals surface area contributed by atoms with Crippen molar-refractivity contribution in [1.82, 2.24) is 0 Å². The summed E-state index contributed by atoms with van der Waals surface area (Å²) >= 11 is 0. The Morgan fingerprint density at radius 2 is 1.53 bits per heavy atom. The first-order valence-corrected chi connectivity index (χ1v) is 8.34. The summed E-state index contributed by atoms with van der Waals surface area (Å²) < 4.78 is 5.60. The van der Waals surface area contributed by atoms with Gasteiger partial charge in [0.15, 0.2) is 0 Å². The van der Waals surface area contributed by atoms with E-state index in [1.54, 1.807) is 0 Å². The third kappa shape index (κ3) is 4.81. The first-order valence-electron chi connectivity index (χ1n) is 8.34. The Bertz CT molecular complexity index is 271. The topological polar surface area (TPSA) is 26.3 Å². The molecule has 2 aliphatic carbocycles. The zero-order valence-electron chi connectivity index (χ0n) is 12.7. The van der Waals surface area contributed by atoms with Gasteiger partial charge in [-0.3, -0.25) is 4.79 Å². The highest BCUT2D eigenvalue weighted by atomic mass is 16.5. The average Bonchev–Trinajstić information content (AvgIpc) is 2.39. The smallest absolute Gasteiger partial charge is 0.306 e. The molecule has 0 heterocycles. The number of esters is 1. The van der Waals surface area contributed by atoms with E-state index in [1.165, 1.54) is 44.9 Å². The van der Waals surface area contributed by atoms with Crippen LogP contribution < -0.4 is 0 Å². The van der Waals surface area contributed by atoms with Gasteiger partial charge in [-0.2, -0.15) is 0 Å². The predicted octanol–water partition coefficient (Wildman–Crippen LogP) is 4.71. The molecule has 0 saturated heterocycles. The van der Waals surface area contributed by atoms with Crippen LogP contribution in [-0.4, -0.2) is 12.1 Å². The van der Waals surface area contributed by atoms with Gasteiger partial charge < -0.3 is 4.74 Å². The van der Waals surface area contributed by atoms with Gasteiger partial charge in [-0.25, -0.2) is 0 Å². The molecule has 2 aliphatic rings. The summed E-state index contributed by atoms with van der Waals surface area (Å²) in [5, 5.41) is 0. The summed E-state index contributed by atoms with van der Waals surface area (Å²) in [6, 6.07) is 0. The number of hydrogen-bond acceptors (Lipinski definition) is 2. The van der Waals surface area contributed by atoms with Gasteiger partial charge in [0.2, 0.25) is 0 Å². The molecule has 0 aromatic carbocycles. The van der Waals surface area contributed by atoms with Crippen molar-refractivity contribution in [2.45, 2.75) is 84.2 Å². The monoisotopic (exact) mass is 266 g/mol. The molecule has 0 aromatic heterocycles. The highest BCUT2D eigenvalue weighted by molar-refractivity contribution is 5.69. The minimum absolute atomic E-state index is 0.0103. The molecule has 19 heavy (non-hydrogen) atoms. The van der Waals surface area contributed by atoms with Crippen LogP contribution in [0.15, 0.2) is 0 Å². The average molecular weight is 266 g/mol. The van der Waals surface area contributed by atoms with Crippen molar-refractivity contribution in [3.63, 3.8) is 0 Å². The summed E-state index contributed by atoms with van der Waals surface area (Å²) in [6.45, 7) is 4.14. The van der Waals surface area contributed by atoms with Gasteiger partial charge in [-0.15, -0.1) is 0 Å². The van der Waals surface area contributed by atoms with E-state index in [-0.39, 0.29) is 12.1 Å². The first kappa shape index (κ1) is 14.9. The van der Waals surface area contributed by atoms with E-state index in [0.29, 0.717) is 12.3 Å². The number of ether oxygens (including phenoxy) is 1. The van der Waals surface area contributed by atoms with E-state index in [0.717, 1.165) is 24.7 Å². The summed E-state index contributed by atoms with van der Waals surface area (Å²) in [7, 11) is 0. The Labute approximate surface area is 118 Å². The van der Waals surface area contributed by atoms with E-state index in [1.807, 2.05) is 0 Å². The lowest BCUT2D eigenvalue weighted by Crippen LogP contribution is -2.29. The molecule has 2 nitrogen and oxygen atoms in total. The predicted molar refractivity (Wildman–Crippen MR) is 77.9 cm³/mol. The Balaban J connectivity index is 1.68. The van der Waals surface area contributed by atoms with Crippen LogP contribution in [0.3, 0.4) is 0 Å². The fourth-order valence-corrected chi connectivity index (χ4v) is 3.85. The van der Waals surface area contributed by atoms with Crippen LogP contribution in [0.25, 0.3) is 0 Å². The minimum Gasteiger partial charge on any atom is -0.462 e. The SMILES string of the molecule is CC(C)CC(=O)OC1CCC(C2CCCCC2)CC1. The van der Waals surface area contributed by atoms with Crippen molar-refractivity contribution in [3.05, 3.63) is 0 Å². The number of hydrogen-bond donors (Lipinski definition) is 0. The Hall–Kier alpha value is -0.530. The van der Waals surface area contributed by atoms with Crippen LogP contribution in [0.1, 0.15) is 78.1 Å². The van der Waals surface area contributed by atoms with Gasteiger partial charge in [-0.05, 0) is 43.4 Å². The first-order chi connectivity index (χ1) is 9.15. The normalized spacial score (nSPS) is 29.4. The van der Waals surface area contributed by atoms with E-state index in [2.05, 4.69) is 13.8 Å². The lowest BCUT2D eigenvalue weighted by molar-refractivity contribution is -0.152. The Morgan fingerprint density at radius 1 is 0.947 bits per heavy atom.